The van der Waals surface area contributed by atoms with Crippen LogP contribution in [0.3, 0.4) is 0 Å². The van der Waals surface area contributed by atoms with Gasteiger partial charge in [0.1, 0.15) is 0 Å². The van der Waals surface area contributed by atoms with Gasteiger partial charge in [0, 0.05) is 18.6 Å². The summed E-state index contributed by atoms with van der Waals surface area (Å²) < 4.78 is 41.1. The van der Waals surface area contributed by atoms with Crippen LogP contribution in [-0.2, 0) is 0 Å². The average molecular weight is 217 g/mol. The van der Waals surface area contributed by atoms with Crippen molar-refractivity contribution in [2.45, 2.75) is 13.3 Å². The molecule has 2 heterocycles. The van der Waals surface area contributed by atoms with Gasteiger partial charge >= 0.3 is 6.36 Å². The van der Waals surface area contributed by atoms with Gasteiger partial charge in [0.05, 0.1) is 5.69 Å². The zero-order valence-corrected chi connectivity index (χ0v) is 7.62. The van der Waals surface area contributed by atoms with Gasteiger partial charge in [-0.1, -0.05) is 0 Å². The summed E-state index contributed by atoms with van der Waals surface area (Å²) in [4.78, 5) is 7.35. The van der Waals surface area contributed by atoms with E-state index in [2.05, 4.69) is 14.7 Å². The number of aryl methyl sites for hydroxylation is 1. The number of rotatable bonds is 1. The minimum Gasteiger partial charge on any atom is -0.384 e. The maximum absolute atomic E-state index is 12.0. The van der Waals surface area contributed by atoms with E-state index in [0.717, 1.165) is 0 Å². The average Bonchev–Trinajstić information content (AvgIpc) is 2.43. The molecular formula is C8H6F3N3O. The molecule has 2 aromatic rings. The number of halogens is 3. The Labute approximate surface area is 82.3 Å². The highest BCUT2D eigenvalue weighted by Gasteiger charge is 2.33. The number of ether oxygens (including phenoxy) is 1. The fourth-order valence-electron chi connectivity index (χ4n) is 1.20. The summed E-state index contributed by atoms with van der Waals surface area (Å²) in [5, 5.41) is 0. The van der Waals surface area contributed by atoms with Crippen LogP contribution >= 0.6 is 0 Å². The summed E-state index contributed by atoms with van der Waals surface area (Å²) in [6.07, 6.45) is -0.456. The molecule has 0 fully saturated rings. The molecule has 2 rings (SSSR count). The molecule has 0 aromatic carbocycles. The first kappa shape index (κ1) is 9.75. The van der Waals surface area contributed by atoms with E-state index in [1.165, 1.54) is 16.8 Å². The second-order valence-corrected chi connectivity index (χ2v) is 2.89. The van der Waals surface area contributed by atoms with E-state index < -0.39 is 12.2 Å². The lowest BCUT2D eigenvalue weighted by molar-refractivity contribution is -0.275. The molecular weight excluding hydrogens is 211 g/mol. The molecule has 0 spiro atoms. The Kier molecular flexibility index (Phi) is 2.02. The predicted octanol–water partition coefficient (Wildman–Crippen LogP) is 1.94. The molecule has 80 valence electrons. The number of nitrogens with zero attached hydrogens (tertiary/aromatic N) is 3. The predicted molar refractivity (Wildman–Crippen MR) is 44.4 cm³/mol. The highest BCUT2D eigenvalue weighted by Crippen LogP contribution is 2.23. The quantitative estimate of drug-likeness (QED) is 0.732. The van der Waals surface area contributed by atoms with E-state index in [9.17, 15) is 13.2 Å². The van der Waals surface area contributed by atoms with Gasteiger partial charge in [-0.05, 0) is 6.92 Å². The van der Waals surface area contributed by atoms with E-state index in [1.54, 1.807) is 13.1 Å². The zero-order chi connectivity index (χ0) is 11.1. The molecule has 0 aliphatic rings. The third kappa shape index (κ3) is 2.00. The Balaban J connectivity index is 2.51. The van der Waals surface area contributed by atoms with E-state index in [-0.39, 0.29) is 5.65 Å². The molecule has 0 aliphatic carbocycles. The van der Waals surface area contributed by atoms with Gasteiger partial charge in [-0.25, -0.2) is 9.97 Å². The maximum atomic E-state index is 12.0. The van der Waals surface area contributed by atoms with Crippen LogP contribution in [0.2, 0.25) is 0 Å². The van der Waals surface area contributed by atoms with Crippen LogP contribution in [0.4, 0.5) is 13.2 Å². The van der Waals surface area contributed by atoms with E-state index in [1.807, 2.05) is 0 Å². The largest absolute Gasteiger partial charge is 0.574 e. The monoisotopic (exact) mass is 217 g/mol. The van der Waals surface area contributed by atoms with Crippen LogP contribution in [0.15, 0.2) is 18.6 Å². The summed E-state index contributed by atoms with van der Waals surface area (Å²) >= 11 is 0. The highest BCUT2D eigenvalue weighted by atomic mass is 19.4. The van der Waals surface area contributed by atoms with Gasteiger partial charge < -0.3 is 9.14 Å². The number of hydrogen-bond donors (Lipinski definition) is 0. The third-order valence-corrected chi connectivity index (χ3v) is 1.68. The Morgan fingerprint density at radius 3 is 2.80 bits per heavy atom. The lowest BCUT2D eigenvalue weighted by Gasteiger charge is -2.07. The summed E-state index contributed by atoms with van der Waals surface area (Å²) in [5.74, 6) is -0.543. The molecule has 0 saturated carbocycles. The van der Waals surface area contributed by atoms with Crippen molar-refractivity contribution in [1.29, 1.82) is 0 Å². The first-order valence-electron chi connectivity index (χ1n) is 4.02. The molecule has 2 aromatic heterocycles. The van der Waals surface area contributed by atoms with Crippen molar-refractivity contribution in [3.05, 3.63) is 24.3 Å². The summed E-state index contributed by atoms with van der Waals surface area (Å²) in [6, 6.07) is 0. The van der Waals surface area contributed by atoms with Crippen molar-refractivity contribution in [2.75, 3.05) is 0 Å². The molecule has 0 N–H and O–H groups in total. The maximum Gasteiger partial charge on any atom is 0.574 e. The zero-order valence-electron chi connectivity index (χ0n) is 7.62. The van der Waals surface area contributed by atoms with Gasteiger partial charge in [-0.15, -0.1) is 13.2 Å². The van der Waals surface area contributed by atoms with Gasteiger partial charge in [0.25, 0.3) is 5.88 Å². The first-order valence-corrected chi connectivity index (χ1v) is 4.02. The van der Waals surface area contributed by atoms with Crippen LogP contribution in [0, 0.1) is 6.92 Å². The number of alkyl halides is 3. The summed E-state index contributed by atoms with van der Waals surface area (Å²) in [6.45, 7) is 1.67. The fourth-order valence-corrected chi connectivity index (χ4v) is 1.20. The van der Waals surface area contributed by atoms with E-state index in [0.29, 0.717) is 5.69 Å². The molecule has 15 heavy (non-hydrogen) atoms. The highest BCUT2D eigenvalue weighted by molar-refractivity contribution is 5.49. The van der Waals surface area contributed by atoms with Gasteiger partial charge in [-0.2, -0.15) is 0 Å². The van der Waals surface area contributed by atoms with Crippen LogP contribution in [0.1, 0.15) is 5.69 Å². The Hall–Kier alpha value is -1.79. The molecule has 0 aliphatic heterocycles. The smallest absolute Gasteiger partial charge is 0.384 e. The molecule has 0 amide bonds. The fraction of sp³-hybridized carbons (Fsp3) is 0.250. The van der Waals surface area contributed by atoms with Crippen molar-refractivity contribution < 1.29 is 17.9 Å². The SMILES string of the molecule is Cc1cn2ccnc(OC(F)(F)F)c2n1. The minimum atomic E-state index is -4.76. The van der Waals surface area contributed by atoms with Crippen LogP contribution < -0.4 is 4.74 Å². The first-order chi connectivity index (χ1) is 6.96. The molecule has 0 unspecified atom stereocenters. The van der Waals surface area contributed by atoms with Gasteiger partial charge in [0.15, 0.2) is 0 Å². The Bertz CT molecular complexity index is 491. The Morgan fingerprint density at radius 2 is 2.13 bits per heavy atom. The number of aromatic nitrogens is 3. The third-order valence-electron chi connectivity index (χ3n) is 1.68. The van der Waals surface area contributed by atoms with Crippen molar-refractivity contribution in [3.8, 4) is 5.88 Å². The molecule has 4 nitrogen and oxygen atoms in total. The van der Waals surface area contributed by atoms with Crippen molar-refractivity contribution in [3.63, 3.8) is 0 Å². The van der Waals surface area contributed by atoms with Crippen LogP contribution in [0.25, 0.3) is 5.65 Å². The number of hydrogen-bond acceptors (Lipinski definition) is 3. The van der Waals surface area contributed by atoms with Crippen LogP contribution in [-0.4, -0.2) is 20.7 Å². The van der Waals surface area contributed by atoms with E-state index in [4.69, 9.17) is 0 Å². The standard InChI is InChI=1S/C8H6F3N3O/c1-5-4-14-3-2-12-7(6(14)13-5)15-8(9,10)11/h2-4H,1H3. The van der Waals surface area contributed by atoms with E-state index >= 15 is 0 Å². The number of imidazole rings is 1. The van der Waals surface area contributed by atoms with Crippen molar-refractivity contribution in [2.24, 2.45) is 0 Å². The minimum absolute atomic E-state index is 0.0484. The summed E-state index contributed by atoms with van der Waals surface area (Å²) in [5.41, 5.74) is 0.641. The Morgan fingerprint density at radius 1 is 1.40 bits per heavy atom. The lowest BCUT2D eigenvalue weighted by atomic mass is 10.6. The van der Waals surface area contributed by atoms with Crippen molar-refractivity contribution >= 4 is 5.65 Å². The second-order valence-electron chi connectivity index (χ2n) is 2.89. The van der Waals surface area contributed by atoms with Gasteiger partial charge in [0.2, 0.25) is 5.65 Å². The van der Waals surface area contributed by atoms with Crippen LogP contribution in [0.5, 0.6) is 5.88 Å². The van der Waals surface area contributed by atoms with Crippen molar-refractivity contribution in [1.82, 2.24) is 14.4 Å². The molecule has 7 heteroatoms. The topological polar surface area (TPSA) is 39.4 Å². The molecule has 0 atom stereocenters. The second kappa shape index (κ2) is 3.11. The van der Waals surface area contributed by atoms with Gasteiger partial charge in [-0.3, -0.25) is 0 Å². The molecule has 0 bridgehead atoms. The lowest BCUT2D eigenvalue weighted by Crippen LogP contribution is -2.18. The summed E-state index contributed by atoms with van der Waals surface area (Å²) in [7, 11) is 0. The number of fused-ring (bicyclic) bond motifs is 1. The molecule has 0 radical (unpaired) electrons. The normalized spacial score (nSPS) is 12.0. The molecule has 0 saturated heterocycles.